The summed E-state index contributed by atoms with van der Waals surface area (Å²) in [7, 11) is 0. The fourth-order valence-electron chi connectivity index (χ4n) is 2.68. The molecule has 1 radical (unpaired) electrons. The molecular formula is C19H20N3O2V-. The molecule has 0 bridgehead atoms. The van der Waals surface area contributed by atoms with Crippen molar-refractivity contribution < 1.29 is 28.5 Å². The number of aromatic hydroxyl groups is 1. The topological polar surface area (TPSA) is 68.0 Å². The van der Waals surface area contributed by atoms with E-state index in [4.69, 9.17) is 0 Å². The predicted molar refractivity (Wildman–Crippen MR) is 93.3 cm³/mol. The second-order valence-electron chi connectivity index (χ2n) is 6.02. The van der Waals surface area contributed by atoms with Gasteiger partial charge in [-0.1, -0.05) is 12.1 Å². The summed E-state index contributed by atoms with van der Waals surface area (Å²) >= 11 is 0. The van der Waals surface area contributed by atoms with Gasteiger partial charge in [-0.25, -0.2) is 0 Å². The molecule has 2 aromatic carbocycles. The number of aryl methyl sites for hydroxylation is 3. The Labute approximate surface area is 158 Å². The van der Waals surface area contributed by atoms with Crippen molar-refractivity contribution in [2.45, 2.75) is 33.6 Å². The molecule has 0 saturated carbocycles. The van der Waals surface area contributed by atoms with Crippen molar-refractivity contribution in [3.63, 3.8) is 0 Å². The van der Waals surface area contributed by atoms with E-state index in [9.17, 15) is 9.90 Å². The van der Waals surface area contributed by atoms with E-state index in [1.165, 1.54) is 4.80 Å². The molecule has 3 aromatic rings. The molecule has 0 fully saturated rings. The number of fused-ring (bicyclic) bond motifs is 1. The van der Waals surface area contributed by atoms with Crippen LogP contribution in [0.5, 0.6) is 5.75 Å². The number of hydrogen-bond donors (Lipinski definition) is 1. The average molecular weight is 373 g/mol. The first kappa shape index (κ1) is 19.1. The first-order valence-electron chi connectivity index (χ1n) is 7.96. The van der Waals surface area contributed by atoms with E-state index in [1.54, 1.807) is 13.3 Å². The van der Waals surface area contributed by atoms with Crippen LogP contribution in [-0.2, 0) is 29.8 Å². The number of phenolic OH excluding ortho intramolecular Hbond substituents is 1. The maximum atomic E-state index is 11.5. The fraction of sp³-hybridized carbons (Fsp3) is 0.263. The van der Waals surface area contributed by atoms with Crippen molar-refractivity contribution in [1.29, 1.82) is 0 Å². The van der Waals surface area contributed by atoms with Gasteiger partial charge >= 0.3 is 0 Å². The summed E-state index contributed by atoms with van der Waals surface area (Å²) in [5.74, 6) is 0.268. The summed E-state index contributed by atoms with van der Waals surface area (Å²) < 4.78 is 0. The second-order valence-corrected chi connectivity index (χ2v) is 6.02. The molecule has 3 rings (SSSR count). The van der Waals surface area contributed by atoms with Gasteiger partial charge in [0.15, 0.2) is 0 Å². The molecule has 129 valence electrons. The van der Waals surface area contributed by atoms with Crippen LogP contribution in [0.15, 0.2) is 30.3 Å². The molecule has 0 amide bonds. The first-order valence-corrected chi connectivity index (χ1v) is 7.96. The van der Waals surface area contributed by atoms with Crippen LogP contribution in [0.1, 0.15) is 30.0 Å². The van der Waals surface area contributed by atoms with Crippen LogP contribution in [0.3, 0.4) is 0 Å². The minimum absolute atomic E-state index is 0. The summed E-state index contributed by atoms with van der Waals surface area (Å²) in [4.78, 5) is 13.0. The smallest absolute Gasteiger partial charge is 0.146 e. The minimum atomic E-state index is 0. The Hall–Kier alpha value is -2.24. The number of carbonyl (C=O) groups excluding carboxylic acids is 1. The van der Waals surface area contributed by atoms with E-state index >= 15 is 0 Å². The van der Waals surface area contributed by atoms with Gasteiger partial charge in [0.25, 0.3) is 0 Å². The van der Waals surface area contributed by atoms with Gasteiger partial charge in [-0.2, -0.15) is 6.92 Å². The van der Waals surface area contributed by atoms with Gasteiger partial charge in [0.2, 0.25) is 0 Å². The zero-order chi connectivity index (χ0) is 17.3. The van der Waals surface area contributed by atoms with Gasteiger partial charge < -0.3 is 16.3 Å². The van der Waals surface area contributed by atoms with Gasteiger partial charge in [-0.05, 0) is 67.4 Å². The van der Waals surface area contributed by atoms with Crippen LogP contribution >= 0.6 is 0 Å². The Kier molecular flexibility index (Phi) is 5.93. The molecule has 5 nitrogen and oxygen atoms in total. The molecule has 0 aliphatic heterocycles. The molecule has 0 unspecified atom stereocenters. The number of benzene rings is 2. The zero-order valence-electron chi connectivity index (χ0n) is 14.5. The quantitative estimate of drug-likeness (QED) is 0.696. The van der Waals surface area contributed by atoms with Gasteiger partial charge in [-0.3, -0.25) is 0 Å². The van der Waals surface area contributed by atoms with Gasteiger partial charge in [-0.15, -0.1) is 15.0 Å². The summed E-state index contributed by atoms with van der Waals surface area (Å²) in [6, 6.07) is 9.60. The zero-order valence-corrected chi connectivity index (χ0v) is 15.9. The number of hydrogen-bond acceptors (Lipinski definition) is 4. The van der Waals surface area contributed by atoms with Gasteiger partial charge in [0.1, 0.15) is 22.5 Å². The predicted octanol–water partition coefficient (Wildman–Crippen LogP) is 3.47. The molecule has 0 aliphatic rings. The molecule has 0 saturated heterocycles. The Morgan fingerprint density at radius 1 is 1.16 bits per heavy atom. The minimum Gasteiger partial charge on any atom is -0.505 e. The fourth-order valence-corrected chi connectivity index (χ4v) is 2.68. The molecule has 6 heteroatoms. The number of aromatic nitrogens is 3. The molecule has 0 spiro atoms. The number of phenols is 1. The second kappa shape index (κ2) is 7.76. The largest absolute Gasteiger partial charge is 0.505 e. The number of carbonyl (C=O) groups is 1. The van der Waals surface area contributed by atoms with Crippen molar-refractivity contribution in [1.82, 2.24) is 15.0 Å². The van der Waals surface area contributed by atoms with Crippen LogP contribution < -0.4 is 0 Å². The van der Waals surface area contributed by atoms with Crippen molar-refractivity contribution in [2.75, 3.05) is 0 Å². The Morgan fingerprint density at radius 2 is 1.88 bits per heavy atom. The number of rotatable bonds is 5. The van der Waals surface area contributed by atoms with E-state index in [0.717, 1.165) is 27.7 Å². The van der Waals surface area contributed by atoms with Crippen LogP contribution in [0.4, 0.5) is 0 Å². The van der Waals surface area contributed by atoms with Crippen molar-refractivity contribution in [3.8, 4) is 11.4 Å². The molecular weight excluding hydrogens is 353 g/mol. The third-order valence-corrected chi connectivity index (χ3v) is 4.07. The maximum Gasteiger partial charge on any atom is 0.146 e. The molecule has 0 aliphatic carbocycles. The summed E-state index contributed by atoms with van der Waals surface area (Å²) in [6.07, 6.45) is 2.66. The molecule has 1 N–H and O–H groups in total. The van der Waals surface area contributed by atoms with Crippen molar-refractivity contribution in [3.05, 3.63) is 53.4 Å². The number of ketones is 1. The van der Waals surface area contributed by atoms with Gasteiger partial charge in [0.05, 0.1) is 0 Å². The maximum absolute atomic E-state index is 11.5. The van der Waals surface area contributed by atoms with Crippen LogP contribution in [0, 0.1) is 20.3 Å². The molecule has 0 atom stereocenters. The average Bonchev–Trinajstić information content (AvgIpc) is 2.98. The number of nitrogens with zero attached hydrogens (tertiary/aromatic N) is 3. The van der Waals surface area contributed by atoms with E-state index in [1.807, 2.05) is 44.2 Å². The third kappa shape index (κ3) is 4.06. The normalized spacial score (nSPS) is 10.5. The monoisotopic (exact) mass is 373 g/mol. The Balaban J connectivity index is 0.00000225. The van der Waals surface area contributed by atoms with Crippen LogP contribution in [0.25, 0.3) is 16.7 Å². The molecule has 1 heterocycles. The van der Waals surface area contributed by atoms with Crippen LogP contribution in [0.2, 0.25) is 0 Å². The molecule has 25 heavy (non-hydrogen) atoms. The standard InChI is InChI=1S/C19H20N3O2.V/c1-4-15(23)7-6-14-10-13(3)19(24)18(11-14)22-20-16-8-5-12(2)9-17(16)21-22;/h4-5,8-11,24H,6-7H2,1-3H3;/q-1;. The summed E-state index contributed by atoms with van der Waals surface area (Å²) in [5.41, 5.74) is 4.93. The van der Waals surface area contributed by atoms with E-state index in [2.05, 4.69) is 10.2 Å². The third-order valence-electron chi connectivity index (χ3n) is 4.07. The van der Waals surface area contributed by atoms with E-state index in [-0.39, 0.29) is 30.1 Å². The van der Waals surface area contributed by atoms with Crippen LogP contribution in [-0.4, -0.2) is 25.9 Å². The van der Waals surface area contributed by atoms with Crippen molar-refractivity contribution in [2.24, 2.45) is 0 Å². The Bertz CT molecular complexity index is 918. The Morgan fingerprint density at radius 3 is 2.60 bits per heavy atom. The van der Waals surface area contributed by atoms with E-state index in [0.29, 0.717) is 18.5 Å². The summed E-state index contributed by atoms with van der Waals surface area (Å²) in [5, 5.41) is 19.3. The van der Waals surface area contributed by atoms with E-state index < -0.39 is 0 Å². The van der Waals surface area contributed by atoms with Crippen molar-refractivity contribution >= 4 is 16.8 Å². The molecule has 1 aromatic heterocycles. The van der Waals surface area contributed by atoms with Gasteiger partial charge in [0, 0.05) is 18.6 Å². The SMILES string of the molecule is C[CH-]C(=O)CCc1cc(C)c(O)c(-n2nc3ccc(C)cc3n2)c1.[V]. The number of Topliss-reactive ketones (excluding diaryl/α,β-unsaturated/α-hetero) is 1. The summed E-state index contributed by atoms with van der Waals surface area (Å²) in [6.45, 7) is 5.59. The first-order chi connectivity index (χ1) is 11.5.